The van der Waals surface area contributed by atoms with Gasteiger partial charge in [0.1, 0.15) is 11.3 Å². The molecule has 0 bridgehead atoms. The second-order valence-electron chi connectivity index (χ2n) is 5.22. The molecule has 0 fully saturated rings. The Morgan fingerprint density at radius 1 is 1.47 bits per heavy atom. The van der Waals surface area contributed by atoms with Crippen LogP contribution in [0.1, 0.15) is 13.8 Å². The lowest BCUT2D eigenvalue weighted by Crippen LogP contribution is -2.41. The van der Waals surface area contributed by atoms with Crippen LogP contribution < -0.4 is 11.0 Å². The zero-order valence-electron chi connectivity index (χ0n) is 9.90. The van der Waals surface area contributed by atoms with Gasteiger partial charge in [-0.3, -0.25) is 9.55 Å². The number of nitrogens with one attached hydrogen (secondary N) is 1. The molecule has 5 nitrogen and oxygen atoms in total. The van der Waals surface area contributed by atoms with Crippen LogP contribution in [-0.2, 0) is 6.54 Å². The lowest BCUT2D eigenvalue weighted by molar-refractivity contribution is 0.304. The van der Waals surface area contributed by atoms with Gasteiger partial charge in [0.05, 0.1) is 5.52 Å². The Morgan fingerprint density at radius 3 is 3.12 bits per heavy atom. The standard InChI is InChI=1S/C12H14N4O/c1-12(2)6-14-10-9-8(4-3-5-13-9)15-11(17)16(10)7-12/h3-5,14H,6-7H2,1-2H3. The third-order valence-corrected chi connectivity index (χ3v) is 3.05. The fourth-order valence-electron chi connectivity index (χ4n) is 2.19. The number of rotatable bonds is 0. The summed E-state index contributed by atoms with van der Waals surface area (Å²) in [4.78, 5) is 20.3. The molecule has 2 aromatic heterocycles. The Balaban J connectivity index is 2.33. The summed E-state index contributed by atoms with van der Waals surface area (Å²) in [6.07, 6.45) is 1.72. The number of hydrogen-bond acceptors (Lipinski definition) is 4. The Labute approximate surface area is 98.5 Å². The highest BCUT2D eigenvalue weighted by molar-refractivity contribution is 5.85. The summed E-state index contributed by atoms with van der Waals surface area (Å²) in [6.45, 7) is 5.76. The Hall–Kier alpha value is -1.91. The summed E-state index contributed by atoms with van der Waals surface area (Å²) in [6, 6.07) is 3.60. The van der Waals surface area contributed by atoms with Gasteiger partial charge in [0.2, 0.25) is 0 Å². The Kier molecular flexibility index (Phi) is 1.98. The summed E-state index contributed by atoms with van der Waals surface area (Å²) in [5, 5.41) is 3.30. The van der Waals surface area contributed by atoms with E-state index in [1.165, 1.54) is 0 Å². The Bertz CT molecular complexity index is 644. The van der Waals surface area contributed by atoms with Crippen LogP contribution in [-0.4, -0.2) is 21.1 Å². The third-order valence-electron chi connectivity index (χ3n) is 3.05. The lowest BCUT2D eigenvalue weighted by atomic mass is 9.92. The van der Waals surface area contributed by atoms with Crippen LogP contribution in [0.3, 0.4) is 0 Å². The first-order valence-corrected chi connectivity index (χ1v) is 5.66. The molecule has 0 radical (unpaired) electrons. The average Bonchev–Trinajstić information content (AvgIpc) is 2.28. The minimum atomic E-state index is -0.208. The summed E-state index contributed by atoms with van der Waals surface area (Å²) in [5.74, 6) is 0.792. The van der Waals surface area contributed by atoms with E-state index in [4.69, 9.17) is 0 Å². The van der Waals surface area contributed by atoms with Gasteiger partial charge >= 0.3 is 5.69 Å². The van der Waals surface area contributed by atoms with E-state index in [2.05, 4.69) is 29.1 Å². The topological polar surface area (TPSA) is 59.8 Å². The molecular formula is C12H14N4O. The van der Waals surface area contributed by atoms with Crippen molar-refractivity contribution >= 4 is 16.9 Å². The highest BCUT2D eigenvalue weighted by Gasteiger charge is 2.27. The van der Waals surface area contributed by atoms with Gasteiger partial charge in [0.25, 0.3) is 0 Å². The molecule has 88 valence electrons. The van der Waals surface area contributed by atoms with E-state index >= 15 is 0 Å². The van der Waals surface area contributed by atoms with Crippen LogP contribution in [0.2, 0.25) is 0 Å². The lowest BCUT2D eigenvalue weighted by Gasteiger charge is -2.33. The van der Waals surface area contributed by atoms with Crippen LogP contribution in [0.15, 0.2) is 23.1 Å². The second-order valence-corrected chi connectivity index (χ2v) is 5.22. The van der Waals surface area contributed by atoms with Crippen LogP contribution in [0.25, 0.3) is 11.0 Å². The second kappa shape index (κ2) is 3.29. The maximum absolute atomic E-state index is 11.9. The van der Waals surface area contributed by atoms with E-state index in [-0.39, 0.29) is 11.1 Å². The van der Waals surface area contributed by atoms with Crippen molar-refractivity contribution < 1.29 is 0 Å². The van der Waals surface area contributed by atoms with Gasteiger partial charge in [-0.05, 0) is 12.1 Å². The normalized spacial score (nSPS) is 17.5. The number of aromatic nitrogens is 3. The fourth-order valence-corrected chi connectivity index (χ4v) is 2.19. The van der Waals surface area contributed by atoms with Crippen molar-refractivity contribution in [3.05, 3.63) is 28.8 Å². The van der Waals surface area contributed by atoms with Gasteiger partial charge in [-0.25, -0.2) is 4.79 Å². The van der Waals surface area contributed by atoms with Crippen molar-refractivity contribution in [1.29, 1.82) is 0 Å². The third kappa shape index (κ3) is 1.58. The SMILES string of the molecule is CC1(C)CNc2c3ncccc3nc(=O)n2C1. The predicted molar refractivity (Wildman–Crippen MR) is 66.1 cm³/mol. The van der Waals surface area contributed by atoms with E-state index in [9.17, 15) is 4.79 Å². The summed E-state index contributed by atoms with van der Waals surface area (Å²) in [7, 11) is 0. The number of fused-ring (bicyclic) bond motifs is 3. The van der Waals surface area contributed by atoms with Crippen LogP contribution in [0.4, 0.5) is 5.82 Å². The molecule has 1 aliphatic rings. The molecule has 0 amide bonds. The molecular weight excluding hydrogens is 216 g/mol. The first kappa shape index (κ1) is 10.3. The van der Waals surface area contributed by atoms with E-state index in [1.807, 2.05) is 6.07 Å². The molecule has 1 N–H and O–H groups in total. The molecule has 0 atom stereocenters. The minimum Gasteiger partial charge on any atom is -0.369 e. The van der Waals surface area contributed by atoms with Gasteiger partial charge in [-0.1, -0.05) is 13.8 Å². The molecule has 3 rings (SSSR count). The van der Waals surface area contributed by atoms with Gasteiger partial charge < -0.3 is 5.32 Å². The van der Waals surface area contributed by atoms with E-state index in [1.54, 1.807) is 16.8 Å². The quantitative estimate of drug-likeness (QED) is 0.739. The predicted octanol–water partition coefficient (Wildman–Crippen LogP) is 1.24. The molecule has 3 heterocycles. The molecule has 2 aromatic rings. The number of anilines is 1. The maximum Gasteiger partial charge on any atom is 0.349 e. The van der Waals surface area contributed by atoms with Crippen LogP contribution in [0.5, 0.6) is 0 Å². The number of hydrogen-bond donors (Lipinski definition) is 1. The summed E-state index contributed by atoms with van der Waals surface area (Å²) in [5.41, 5.74) is 1.26. The largest absolute Gasteiger partial charge is 0.369 e. The minimum absolute atomic E-state index is 0.0565. The fraction of sp³-hybridized carbons (Fsp3) is 0.417. The highest BCUT2D eigenvalue weighted by atomic mass is 16.1. The first-order valence-electron chi connectivity index (χ1n) is 5.66. The van der Waals surface area contributed by atoms with Gasteiger partial charge in [-0.2, -0.15) is 4.98 Å². The zero-order valence-corrected chi connectivity index (χ0v) is 9.90. The Morgan fingerprint density at radius 2 is 2.29 bits per heavy atom. The molecule has 0 aromatic carbocycles. The molecule has 0 aliphatic carbocycles. The van der Waals surface area contributed by atoms with Crippen LogP contribution in [0, 0.1) is 5.41 Å². The molecule has 17 heavy (non-hydrogen) atoms. The molecule has 0 unspecified atom stereocenters. The smallest absolute Gasteiger partial charge is 0.349 e. The van der Waals surface area contributed by atoms with Crippen molar-refractivity contribution in [2.75, 3.05) is 11.9 Å². The maximum atomic E-state index is 11.9. The van der Waals surface area contributed by atoms with E-state index < -0.39 is 0 Å². The van der Waals surface area contributed by atoms with Crippen molar-refractivity contribution in [1.82, 2.24) is 14.5 Å². The van der Waals surface area contributed by atoms with E-state index in [0.29, 0.717) is 12.1 Å². The highest BCUT2D eigenvalue weighted by Crippen LogP contribution is 2.28. The molecule has 0 spiro atoms. The molecule has 1 aliphatic heterocycles. The number of nitrogens with zero attached hydrogens (tertiary/aromatic N) is 3. The molecule has 5 heteroatoms. The van der Waals surface area contributed by atoms with Gasteiger partial charge in [0, 0.05) is 24.7 Å². The van der Waals surface area contributed by atoms with Crippen molar-refractivity contribution in [2.45, 2.75) is 20.4 Å². The zero-order chi connectivity index (χ0) is 12.0. The molecule has 0 saturated heterocycles. The molecule has 0 saturated carbocycles. The average molecular weight is 230 g/mol. The summed E-state index contributed by atoms with van der Waals surface area (Å²) >= 11 is 0. The first-order chi connectivity index (χ1) is 8.07. The van der Waals surface area contributed by atoms with Crippen molar-refractivity contribution in [2.24, 2.45) is 5.41 Å². The van der Waals surface area contributed by atoms with Crippen molar-refractivity contribution in [3.8, 4) is 0 Å². The van der Waals surface area contributed by atoms with E-state index in [0.717, 1.165) is 17.9 Å². The van der Waals surface area contributed by atoms with Gasteiger partial charge in [0.15, 0.2) is 0 Å². The summed E-state index contributed by atoms with van der Waals surface area (Å²) < 4.78 is 1.68. The van der Waals surface area contributed by atoms with Crippen LogP contribution >= 0.6 is 0 Å². The number of pyridine rings is 1. The van der Waals surface area contributed by atoms with Crippen molar-refractivity contribution in [3.63, 3.8) is 0 Å². The monoisotopic (exact) mass is 230 g/mol. The van der Waals surface area contributed by atoms with Gasteiger partial charge in [-0.15, -0.1) is 0 Å².